The van der Waals surface area contributed by atoms with Crippen LogP contribution in [-0.2, 0) is 0 Å². The number of amides is 1. The summed E-state index contributed by atoms with van der Waals surface area (Å²) in [6.45, 7) is 4.02. The van der Waals surface area contributed by atoms with Crippen LogP contribution in [0, 0.1) is 0 Å². The van der Waals surface area contributed by atoms with Crippen LogP contribution >= 0.6 is 22.9 Å². The van der Waals surface area contributed by atoms with Gasteiger partial charge >= 0.3 is 0 Å². The molecule has 0 aliphatic carbocycles. The zero-order valence-electron chi connectivity index (χ0n) is 16.1. The number of rotatable bonds is 3. The lowest BCUT2D eigenvalue weighted by Crippen LogP contribution is -2.29. The van der Waals surface area contributed by atoms with Crippen molar-refractivity contribution in [3.8, 4) is 0 Å². The highest BCUT2D eigenvalue weighted by Gasteiger charge is 2.45. The van der Waals surface area contributed by atoms with Crippen molar-refractivity contribution < 1.29 is 9.21 Å². The molecule has 0 unspecified atom stereocenters. The van der Waals surface area contributed by atoms with Gasteiger partial charge < -0.3 is 4.42 Å². The third-order valence-corrected chi connectivity index (χ3v) is 6.53. The highest BCUT2D eigenvalue weighted by Crippen LogP contribution is 2.43. The van der Waals surface area contributed by atoms with Gasteiger partial charge in [0, 0.05) is 10.9 Å². The average Bonchev–Trinajstić information content (AvgIpc) is 3.32. The van der Waals surface area contributed by atoms with Crippen LogP contribution in [-0.4, -0.2) is 16.1 Å². The van der Waals surface area contributed by atoms with Crippen molar-refractivity contribution in [3.05, 3.63) is 85.7 Å². The van der Waals surface area contributed by atoms with E-state index in [2.05, 4.69) is 10.2 Å². The second-order valence-corrected chi connectivity index (χ2v) is 8.80. The maximum Gasteiger partial charge on any atom is 0.297 e. The zero-order chi connectivity index (χ0) is 21.0. The van der Waals surface area contributed by atoms with Gasteiger partial charge in [0.15, 0.2) is 5.43 Å². The van der Waals surface area contributed by atoms with Crippen LogP contribution < -0.4 is 10.3 Å². The maximum absolute atomic E-state index is 13.4. The number of nitrogens with zero attached hydrogens (tertiary/aromatic N) is 3. The smallest absolute Gasteiger partial charge is 0.297 e. The van der Waals surface area contributed by atoms with Crippen LogP contribution in [0.15, 0.2) is 57.7 Å². The summed E-state index contributed by atoms with van der Waals surface area (Å²) in [6.07, 6.45) is 0. The standard InChI is InChI=1S/C22H16ClN3O3S/c1-11(2)20-24-25-22(30-20)26-17(12-6-5-7-13(23)10-12)16-18(27)14-8-3-4-9-15(14)29-19(16)21(26)28/h3-11,17H,1-2H3/t17-/m0/s1. The fraction of sp³-hybridized carbons (Fsp3) is 0.182. The predicted octanol–water partition coefficient (Wildman–Crippen LogP) is 5.17. The molecular formula is C22H16ClN3O3S. The molecule has 2 aromatic carbocycles. The molecular weight excluding hydrogens is 422 g/mol. The summed E-state index contributed by atoms with van der Waals surface area (Å²) in [7, 11) is 0. The van der Waals surface area contributed by atoms with Crippen LogP contribution in [0.4, 0.5) is 5.13 Å². The summed E-state index contributed by atoms with van der Waals surface area (Å²) in [5, 5.41) is 10.6. The monoisotopic (exact) mass is 437 g/mol. The van der Waals surface area contributed by atoms with Gasteiger partial charge in [-0.15, -0.1) is 10.2 Å². The molecule has 4 aromatic rings. The Morgan fingerprint density at radius 1 is 1.10 bits per heavy atom. The number of benzene rings is 2. The van der Waals surface area contributed by atoms with E-state index < -0.39 is 11.9 Å². The molecule has 8 heteroatoms. The SMILES string of the molecule is CC(C)c1nnc(N2C(=O)c3oc4ccccc4c(=O)c3[C@@H]2c2cccc(Cl)c2)s1. The first-order valence-corrected chi connectivity index (χ1v) is 10.6. The first-order chi connectivity index (χ1) is 14.5. The number of anilines is 1. The summed E-state index contributed by atoms with van der Waals surface area (Å²) in [4.78, 5) is 28.4. The van der Waals surface area contributed by atoms with Gasteiger partial charge in [-0.3, -0.25) is 14.5 Å². The van der Waals surface area contributed by atoms with Crippen molar-refractivity contribution in [2.24, 2.45) is 0 Å². The normalized spacial score (nSPS) is 15.9. The van der Waals surface area contributed by atoms with Crippen molar-refractivity contribution in [1.82, 2.24) is 10.2 Å². The van der Waals surface area contributed by atoms with Gasteiger partial charge in [0.25, 0.3) is 5.91 Å². The molecule has 0 bridgehead atoms. The molecule has 0 saturated carbocycles. The molecule has 1 amide bonds. The number of carbonyl (C=O) groups is 1. The first-order valence-electron chi connectivity index (χ1n) is 9.44. The molecule has 0 saturated heterocycles. The molecule has 0 spiro atoms. The van der Waals surface area contributed by atoms with Gasteiger partial charge in [-0.05, 0) is 29.8 Å². The summed E-state index contributed by atoms with van der Waals surface area (Å²) in [6, 6.07) is 13.4. The molecule has 3 heterocycles. The van der Waals surface area contributed by atoms with E-state index in [1.807, 2.05) is 19.9 Å². The second-order valence-electron chi connectivity index (χ2n) is 7.38. The molecule has 1 aliphatic heterocycles. The maximum atomic E-state index is 13.4. The fourth-order valence-corrected chi connectivity index (χ4v) is 4.74. The molecule has 0 N–H and O–H groups in total. The molecule has 0 fully saturated rings. The van der Waals surface area contributed by atoms with Crippen LogP contribution in [0.5, 0.6) is 0 Å². The second kappa shape index (κ2) is 7.04. The third kappa shape index (κ3) is 2.85. The van der Waals surface area contributed by atoms with Crippen molar-refractivity contribution in [2.45, 2.75) is 25.8 Å². The summed E-state index contributed by atoms with van der Waals surface area (Å²) in [5.74, 6) is -0.211. The molecule has 150 valence electrons. The first kappa shape index (κ1) is 19.0. The van der Waals surface area contributed by atoms with Crippen molar-refractivity contribution in [1.29, 1.82) is 0 Å². The van der Waals surface area contributed by atoms with E-state index in [1.165, 1.54) is 16.2 Å². The van der Waals surface area contributed by atoms with Crippen molar-refractivity contribution in [2.75, 3.05) is 4.90 Å². The Balaban J connectivity index is 1.79. The Hall–Kier alpha value is -3.03. The number of halogens is 1. The predicted molar refractivity (Wildman–Crippen MR) is 117 cm³/mol. The van der Waals surface area contributed by atoms with E-state index in [0.29, 0.717) is 32.3 Å². The Bertz CT molecular complexity index is 1360. The highest BCUT2D eigenvalue weighted by atomic mass is 35.5. The van der Waals surface area contributed by atoms with E-state index in [0.717, 1.165) is 5.01 Å². The quantitative estimate of drug-likeness (QED) is 0.442. The molecule has 1 aliphatic rings. The lowest BCUT2D eigenvalue weighted by molar-refractivity contribution is 0.0970. The van der Waals surface area contributed by atoms with Gasteiger partial charge in [-0.25, -0.2) is 0 Å². The molecule has 1 atom stereocenters. The van der Waals surface area contributed by atoms with E-state index in [-0.39, 0.29) is 17.1 Å². The van der Waals surface area contributed by atoms with E-state index in [1.54, 1.807) is 42.5 Å². The van der Waals surface area contributed by atoms with E-state index in [9.17, 15) is 9.59 Å². The molecule has 30 heavy (non-hydrogen) atoms. The Morgan fingerprint density at radius 3 is 2.63 bits per heavy atom. The van der Waals surface area contributed by atoms with Gasteiger partial charge in [0.1, 0.15) is 10.6 Å². The Labute approximate surface area is 180 Å². The molecule has 6 nitrogen and oxygen atoms in total. The molecule has 5 rings (SSSR count). The van der Waals surface area contributed by atoms with Crippen molar-refractivity contribution >= 4 is 44.9 Å². The minimum atomic E-state index is -0.694. The number of hydrogen-bond acceptors (Lipinski definition) is 6. The average molecular weight is 438 g/mol. The summed E-state index contributed by atoms with van der Waals surface area (Å²) >= 11 is 7.56. The third-order valence-electron chi connectivity index (χ3n) is 5.07. The van der Waals surface area contributed by atoms with Gasteiger partial charge in [0.05, 0.1) is 17.0 Å². The highest BCUT2D eigenvalue weighted by molar-refractivity contribution is 7.15. The van der Waals surface area contributed by atoms with Crippen LogP contribution in [0.2, 0.25) is 5.02 Å². The number of carbonyl (C=O) groups excluding carboxylic acids is 1. The molecule has 2 aromatic heterocycles. The largest absolute Gasteiger partial charge is 0.450 e. The number of aromatic nitrogens is 2. The van der Waals surface area contributed by atoms with Crippen LogP contribution in [0.1, 0.15) is 52.5 Å². The van der Waals surface area contributed by atoms with E-state index in [4.69, 9.17) is 16.0 Å². The Morgan fingerprint density at radius 2 is 1.90 bits per heavy atom. The van der Waals surface area contributed by atoms with E-state index >= 15 is 0 Å². The van der Waals surface area contributed by atoms with Crippen LogP contribution in [0.3, 0.4) is 0 Å². The minimum absolute atomic E-state index is 0.0324. The zero-order valence-corrected chi connectivity index (χ0v) is 17.7. The number of hydrogen-bond donors (Lipinski definition) is 0. The summed E-state index contributed by atoms with van der Waals surface area (Å²) in [5.41, 5.74) is 1.14. The fourth-order valence-electron chi connectivity index (χ4n) is 3.67. The number of fused-ring (bicyclic) bond motifs is 2. The number of para-hydroxylation sites is 1. The van der Waals surface area contributed by atoms with Gasteiger partial charge in [0.2, 0.25) is 10.9 Å². The Kier molecular flexibility index (Phi) is 4.45. The lowest BCUT2D eigenvalue weighted by Gasteiger charge is -2.22. The van der Waals surface area contributed by atoms with Crippen molar-refractivity contribution in [3.63, 3.8) is 0 Å². The summed E-state index contributed by atoms with van der Waals surface area (Å²) < 4.78 is 5.92. The topological polar surface area (TPSA) is 76.3 Å². The van der Waals surface area contributed by atoms with Crippen LogP contribution in [0.25, 0.3) is 11.0 Å². The lowest BCUT2D eigenvalue weighted by atomic mass is 9.99. The molecule has 0 radical (unpaired) electrons. The van der Waals surface area contributed by atoms with Gasteiger partial charge in [-0.2, -0.15) is 0 Å². The van der Waals surface area contributed by atoms with Gasteiger partial charge in [-0.1, -0.05) is 61.1 Å². The minimum Gasteiger partial charge on any atom is -0.450 e.